The average Bonchev–Trinajstić information content (AvgIpc) is 2.67. The average molecular weight is 353 g/mol. The second-order valence-electron chi connectivity index (χ2n) is 4.45. The molecule has 0 saturated heterocycles. The number of pyridine rings is 1. The number of Topliss-reactive ketones (excluding diaryl/α,β-unsaturated/α-hetero) is 1. The summed E-state index contributed by atoms with van der Waals surface area (Å²) in [6.45, 7) is -0.384. The third-order valence-electron chi connectivity index (χ3n) is 3.15. The molecule has 0 bridgehead atoms. The van der Waals surface area contributed by atoms with E-state index in [1.165, 1.54) is 18.3 Å². The van der Waals surface area contributed by atoms with Gasteiger partial charge in [0.15, 0.2) is 0 Å². The molecule has 1 aliphatic rings. The summed E-state index contributed by atoms with van der Waals surface area (Å²) in [7, 11) is 0. The predicted molar refractivity (Wildman–Crippen MR) is 73.8 cm³/mol. The number of rotatable bonds is 2. The van der Waals surface area contributed by atoms with Gasteiger partial charge < -0.3 is 0 Å². The standard InChI is InChI=1S/C14H7BrF2N2O2/c15-7-4-8-12(20)14(21)19(13(8)18-5-7)6-9-10(16)2-1-3-11(9)17/h1-5H,6H2. The van der Waals surface area contributed by atoms with Crippen LogP contribution in [0.25, 0.3) is 0 Å². The number of carbonyl (C=O) groups excluding carboxylic acids is 2. The van der Waals surface area contributed by atoms with E-state index in [-0.39, 0.29) is 23.5 Å². The van der Waals surface area contributed by atoms with Gasteiger partial charge in [-0.25, -0.2) is 13.8 Å². The van der Waals surface area contributed by atoms with Crippen LogP contribution >= 0.6 is 15.9 Å². The number of amides is 1. The summed E-state index contributed by atoms with van der Waals surface area (Å²) in [5.74, 6) is -3.04. The largest absolute Gasteiger partial charge is 0.301 e. The smallest absolute Gasteiger partial charge is 0.284 e. The van der Waals surface area contributed by atoms with Gasteiger partial charge in [0.2, 0.25) is 0 Å². The number of nitrogens with zero attached hydrogens (tertiary/aromatic N) is 2. The molecule has 0 atom stereocenters. The van der Waals surface area contributed by atoms with Crippen LogP contribution in [0.1, 0.15) is 15.9 Å². The van der Waals surface area contributed by atoms with Crippen LogP contribution in [0.4, 0.5) is 14.6 Å². The number of fused-ring (bicyclic) bond motifs is 1. The maximum absolute atomic E-state index is 13.7. The van der Waals surface area contributed by atoms with Gasteiger partial charge in [-0.2, -0.15) is 0 Å². The highest BCUT2D eigenvalue weighted by molar-refractivity contribution is 9.10. The van der Waals surface area contributed by atoms with E-state index >= 15 is 0 Å². The molecule has 106 valence electrons. The number of carbonyl (C=O) groups is 2. The number of aromatic nitrogens is 1. The molecule has 0 aliphatic carbocycles. The quantitative estimate of drug-likeness (QED) is 0.781. The molecule has 0 fully saturated rings. The zero-order valence-corrected chi connectivity index (χ0v) is 12.0. The number of hydrogen-bond donors (Lipinski definition) is 0. The first-order valence-corrected chi connectivity index (χ1v) is 6.73. The van der Waals surface area contributed by atoms with Gasteiger partial charge in [0.25, 0.3) is 5.78 Å². The van der Waals surface area contributed by atoms with Crippen LogP contribution in [0.2, 0.25) is 0 Å². The highest BCUT2D eigenvalue weighted by atomic mass is 79.9. The van der Waals surface area contributed by atoms with Crippen LogP contribution in [0, 0.1) is 11.6 Å². The van der Waals surface area contributed by atoms with E-state index in [9.17, 15) is 18.4 Å². The Morgan fingerprint density at radius 3 is 2.52 bits per heavy atom. The molecule has 0 N–H and O–H groups in total. The van der Waals surface area contributed by atoms with E-state index in [4.69, 9.17) is 0 Å². The fourth-order valence-electron chi connectivity index (χ4n) is 2.14. The molecule has 2 aromatic rings. The molecule has 21 heavy (non-hydrogen) atoms. The lowest BCUT2D eigenvalue weighted by molar-refractivity contribution is -0.114. The van der Waals surface area contributed by atoms with Crippen molar-refractivity contribution >= 4 is 33.4 Å². The molecule has 1 aliphatic heterocycles. The molecule has 0 spiro atoms. The zero-order chi connectivity index (χ0) is 15.1. The lowest BCUT2D eigenvalue weighted by Crippen LogP contribution is -2.30. The third kappa shape index (κ3) is 2.23. The molecule has 0 radical (unpaired) electrons. The fraction of sp³-hybridized carbons (Fsp3) is 0.0714. The minimum absolute atomic E-state index is 0.107. The Kier molecular flexibility index (Phi) is 3.29. The van der Waals surface area contributed by atoms with Crippen LogP contribution < -0.4 is 4.90 Å². The lowest BCUT2D eigenvalue weighted by atomic mass is 10.2. The molecule has 1 amide bonds. The molecular formula is C14H7BrF2N2O2. The zero-order valence-electron chi connectivity index (χ0n) is 10.4. The monoisotopic (exact) mass is 352 g/mol. The van der Waals surface area contributed by atoms with Crippen LogP contribution in [0.5, 0.6) is 0 Å². The van der Waals surface area contributed by atoms with Crippen molar-refractivity contribution in [2.45, 2.75) is 6.54 Å². The third-order valence-corrected chi connectivity index (χ3v) is 3.58. The first-order chi connectivity index (χ1) is 9.99. The summed E-state index contributed by atoms with van der Waals surface area (Å²) in [5, 5.41) is 0. The van der Waals surface area contributed by atoms with Crippen molar-refractivity contribution in [3.63, 3.8) is 0 Å². The Morgan fingerprint density at radius 1 is 1.19 bits per heavy atom. The summed E-state index contributed by atoms with van der Waals surface area (Å²) in [6.07, 6.45) is 1.41. The van der Waals surface area contributed by atoms with Crippen molar-refractivity contribution in [3.05, 3.63) is 57.7 Å². The number of anilines is 1. The molecule has 1 aromatic heterocycles. The Labute approximate surface area is 126 Å². The van der Waals surface area contributed by atoms with Crippen LogP contribution in [-0.4, -0.2) is 16.7 Å². The van der Waals surface area contributed by atoms with Crippen LogP contribution in [0.15, 0.2) is 34.9 Å². The van der Waals surface area contributed by atoms with Crippen molar-refractivity contribution in [1.82, 2.24) is 4.98 Å². The highest BCUT2D eigenvalue weighted by Crippen LogP contribution is 2.30. The molecule has 2 heterocycles. The van der Waals surface area contributed by atoms with E-state index in [2.05, 4.69) is 20.9 Å². The second kappa shape index (κ2) is 5.00. The Hall–Kier alpha value is -2.15. The number of halogens is 3. The lowest BCUT2D eigenvalue weighted by Gasteiger charge is -2.16. The first-order valence-electron chi connectivity index (χ1n) is 5.93. The van der Waals surface area contributed by atoms with Gasteiger partial charge in [-0.15, -0.1) is 0 Å². The fourth-order valence-corrected chi connectivity index (χ4v) is 2.47. The number of hydrogen-bond acceptors (Lipinski definition) is 3. The van der Waals surface area contributed by atoms with Gasteiger partial charge in [-0.3, -0.25) is 14.5 Å². The van der Waals surface area contributed by atoms with E-state index in [0.717, 1.165) is 17.0 Å². The van der Waals surface area contributed by atoms with Gasteiger partial charge in [0, 0.05) is 16.2 Å². The van der Waals surface area contributed by atoms with Gasteiger partial charge in [0.05, 0.1) is 12.1 Å². The number of ketones is 1. The Bertz CT molecular complexity index is 759. The van der Waals surface area contributed by atoms with E-state index in [1.54, 1.807) is 0 Å². The molecule has 7 heteroatoms. The maximum atomic E-state index is 13.7. The van der Waals surface area contributed by atoms with Gasteiger partial charge in [-0.05, 0) is 34.1 Å². The van der Waals surface area contributed by atoms with E-state index in [0.29, 0.717) is 4.47 Å². The summed E-state index contributed by atoms with van der Waals surface area (Å²) in [4.78, 5) is 28.8. The Morgan fingerprint density at radius 2 is 1.86 bits per heavy atom. The summed E-state index contributed by atoms with van der Waals surface area (Å²) in [5.41, 5.74) is -0.164. The minimum Gasteiger partial charge on any atom is -0.284 e. The van der Waals surface area contributed by atoms with Gasteiger partial charge >= 0.3 is 5.91 Å². The summed E-state index contributed by atoms with van der Waals surface area (Å²) < 4.78 is 27.9. The molecule has 0 unspecified atom stereocenters. The van der Waals surface area contributed by atoms with Crippen LogP contribution in [-0.2, 0) is 11.3 Å². The SMILES string of the molecule is O=C1C(=O)N(Cc2c(F)cccc2F)c2ncc(Br)cc21. The molecule has 0 saturated carbocycles. The molecule has 3 rings (SSSR count). The molecule has 1 aromatic carbocycles. The predicted octanol–water partition coefficient (Wildman–Crippen LogP) is 2.85. The van der Waals surface area contributed by atoms with Gasteiger partial charge in [-0.1, -0.05) is 6.07 Å². The topological polar surface area (TPSA) is 50.3 Å². The number of benzene rings is 1. The highest BCUT2D eigenvalue weighted by Gasteiger charge is 2.38. The molecule has 4 nitrogen and oxygen atoms in total. The minimum atomic E-state index is -0.849. The molecular weight excluding hydrogens is 346 g/mol. The normalized spacial score (nSPS) is 13.8. The second-order valence-corrected chi connectivity index (χ2v) is 5.36. The van der Waals surface area contributed by atoms with Crippen molar-refractivity contribution < 1.29 is 18.4 Å². The Balaban J connectivity index is 2.05. The summed E-state index contributed by atoms with van der Waals surface area (Å²) >= 11 is 3.16. The van der Waals surface area contributed by atoms with Crippen molar-refractivity contribution in [3.8, 4) is 0 Å². The van der Waals surface area contributed by atoms with E-state index < -0.39 is 23.3 Å². The summed E-state index contributed by atoms with van der Waals surface area (Å²) in [6, 6.07) is 4.88. The maximum Gasteiger partial charge on any atom is 0.301 e. The van der Waals surface area contributed by atoms with Crippen molar-refractivity contribution in [2.75, 3.05) is 4.90 Å². The van der Waals surface area contributed by atoms with E-state index in [1.807, 2.05) is 0 Å². The van der Waals surface area contributed by atoms with Gasteiger partial charge in [0.1, 0.15) is 17.5 Å². The van der Waals surface area contributed by atoms with Crippen LogP contribution in [0.3, 0.4) is 0 Å². The van der Waals surface area contributed by atoms with Crippen molar-refractivity contribution in [2.24, 2.45) is 0 Å². The van der Waals surface area contributed by atoms with Crippen molar-refractivity contribution in [1.29, 1.82) is 0 Å². The first kappa shape index (κ1) is 13.8.